The van der Waals surface area contributed by atoms with Crippen LogP contribution in [0.1, 0.15) is 269 Å². The number of esters is 3. The Labute approximate surface area is 863 Å². The van der Waals surface area contributed by atoms with Gasteiger partial charge in [0.25, 0.3) is 0 Å². The minimum atomic E-state index is -1.22. The lowest BCUT2D eigenvalue weighted by atomic mass is 9.69. The molecule has 15 heteroatoms. The van der Waals surface area contributed by atoms with Crippen molar-refractivity contribution in [1.82, 2.24) is 8.97 Å². The van der Waals surface area contributed by atoms with Crippen molar-refractivity contribution >= 4 is 58.3 Å². The van der Waals surface area contributed by atoms with E-state index in [1.54, 1.807) is 0 Å². The molecule has 1 N–H and O–H groups in total. The molecule has 7 atom stereocenters. The van der Waals surface area contributed by atoms with Gasteiger partial charge in [0.05, 0.1) is 59.3 Å². The number of pyridine rings is 1. The molecule has 18 rings (SSSR count). The van der Waals surface area contributed by atoms with E-state index in [0.717, 1.165) is 117 Å². The van der Waals surface area contributed by atoms with Gasteiger partial charge in [-0.25, -0.2) is 0 Å². The Bertz CT molecular complexity index is 6320. The molecule has 7 unspecified atom stereocenters. The van der Waals surface area contributed by atoms with E-state index in [2.05, 4.69) is 224 Å². The second-order valence-electron chi connectivity index (χ2n) is 39.4. The highest BCUT2D eigenvalue weighted by Gasteiger charge is 2.50. The number of para-hydroxylation sites is 2. The zero-order valence-electron chi connectivity index (χ0n) is 88.2. The summed E-state index contributed by atoms with van der Waals surface area (Å²) in [6.07, 6.45) is 47.8. The summed E-state index contributed by atoms with van der Waals surface area (Å²) in [4.78, 5) is 69.3. The molecule has 0 radical (unpaired) electrons. The third-order valence-electron chi connectivity index (χ3n) is 27.0. The van der Waals surface area contributed by atoms with Crippen molar-refractivity contribution in [2.45, 2.75) is 237 Å². The molecule has 11 aromatic rings. The first kappa shape index (κ1) is 116. The summed E-state index contributed by atoms with van der Waals surface area (Å²) in [5.41, 5.74) is 16.8. The molecular formula is C130H150N2O13. The van der Waals surface area contributed by atoms with Crippen LogP contribution < -0.4 is 0 Å². The molecule has 0 spiro atoms. The summed E-state index contributed by atoms with van der Waals surface area (Å²) < 4.78 is 32.7. The van der Waals surface area contributed by atoms with Gasteiger partial charge < -0.3 is 37.8 Å². The predicted molar refractivity (Wildman–Crippen MR) is 586 cm³/mol. The molecular weight excluding hydrogens is 1800 g/mol. The molecule has 2 aliphatic heterocycles. The van der Waals surface area contributed by atoms with Crippen LogP contribution in [0.4, 0.5) is 0 Å². The van der Waals surface area contributed by atoms with Gasteiger partial charge in [-0.1, -0.05) is 287 Å². The number of aliphatic hydroxyl groups is 1. The molecule has 7 aliphatic rings. The minimum absolute atomic E-state index is 0.0118. The molecule has 8 aromatic carbocycles. The van der Waals surface area contributed by atoms with Crippen molar-refractivity contribution in [3.63, 3.8) is 0 Å². The van der Waals surface area contributed by atoms with Crippen molar-refractivity contribution in [2.75, 3.05) is 26.4 Å². The number of terminal acetylenes is 2. The first-order valence-corrected chi connectivity index (χ1v) is 51.1. The zero-order valence-corrected chi connectivity index (χ0v) is 88.2. The summed E-state index contributed by atoms with van der Waals surface area (Å²) in [7, 11) is 0. The monoisotopic (exact) mass is 1950 g/mol. The number of benzene rings is 8. The Balaban J connectivity index is 0.000000201. The standard InChI is InChI=1S/C19H20O2.C19H18O.C18H24O2.2C16H24O2.2C13H11N.C8H8.C6H10.2CO2/c1-15-9-8-14-21-18(15)19(20,16-10-4-2-5-11-16)17-12-6-3-7-13-17;1-19-12-7-13-20-18(19)17(14-8-3-2-4-9-14)15-10-5-6-11-16(15)19;1-12(2)16(20-17(19)18(3,4)5)15-11-14(15)13-9-7-6-8-10-13;1-3-16(15(17)18-4-2)12-13-9-7-5-6-8-10-14(16)11-13;1-4-13-16(5-2,15(17)18-6-3)14-11-9-7-8-10-12-14;1-10-9-11-5-2-3-6-13(11)14-8-4-7-12(10)14;1-2-7-12-8-3-4-9-13(12)14-10-5-6-11-14;1-2-8-6-4-3-5-7-8;1-5-6(2,3)4;2*2-1-3/h2-7,10-13,20H,8-9,14H2,1H3;2-6,8-11H,7,12-13H2,1H3;6-10,14-15H,11H2,1-5H3;7,9,11,14H,3-6,8,10,12H2,1-2H3;1,9,11,14H,5-8,10,12-13H2,2-3H3;2-9H,1H3;3-6,8-11H,1H3;2-7H,1H2;1H,2-4H3;;. The summed E-state index contributed by atoms with van der Waals surface area (Å²) in [5.74, 6) is 15.2. The van der Waals surface area contributed by atoms with Gasteiger partial charge in [-0.05, 0) is 314 Å². The number of hydrogen-bond donors (Lipinski definition) is 1. The number of carbonyl (C=O) groups is 3. The van der Waals surface area contributed by atoms with E-state index in [1.807, 2.05) is 236 Å². The summed E-state index contributed by atoms with van der Waals surface area (Å²) in [5, 5.41) is 12.9. The Kier molecular flexibility index (Phi) is 46.7. The second-order valence-corrected chi connectivity index (χ2v) is 39.4. The Morgan fingerprint density at radius 2 is 1.18 bits per heavy atom. The highest BCUT2D eigenvalue weighted by Crippen LogP contribution is 2.56. The average molecular weight is 1950 g/mol. The van der Waals surface area contributed by atoms with Gasteiger partial charge in [-0.15, -0.1) is 30.6 Å². The quantitative estimate of drug-likeness (QED) is 0.0298. The van der Waals surface area contributed by atoms with Gasteiger partial charge >= 0.3 is 30.2 Å². The first-order chi connectivity index (χ1) is 69.9. The normalized spacial score (nSPS) is 18.2. The summed E-state index contributed by atoms with van der Waals surface area (Å²) >= 11 is 0. The molecule has 758 valence electrons. The van der Waals surface area contributed by atoms with E-state index in [0.29, 0.717) is 49.8 Å². The van der Waals surface area contributed by atoms with E-state index in [-0.39, 0.29) is 52.4 Å². The molecule has 2 bridgehead atoms. The molecule has 1 saturated heterocycles. The lowest BCUT2D eigenvalue weighted by Gasteiger charge is -2.35. The number of hydrogen-bond acceptors (Lipinski definition) is 13. The molecule has 15 nitrogen and oxygen atoms in total. The Morgan fingerprint density at radius 1 is 0.621 bits per heavy atom. The smallest absolute Gasteiger partial charge is 0.373 e. The van der Waals surface area contributed by atoms with E-state index in [4.69, 9.17) is 55.7 Å². The fourth-order valence-electron chi connectivity index (χ4n) is 19.2. The number of fused-ring (bicyclic) bond motifs is 7. The van der Waals surface area contributed by atoms with Gasteiger partial charge in [-0.2, -0.15) is 19.2 Å². The van der Waals surface area contributed by atoms with Crippen LogP contribution in [0.15, 0.2) is 344 Å². The fourth-order valence-corrected chi connectivity index (χ4v) is 19.2. The van der Waals surface area contributed by atoms with Crippen LogP contribution in [0.25, 0.3) is 33.8 Å². The number of nitrogens with zero attached hydrogens (tertiary/aromatic N) is 2. The number of aromatic nitrogens is 2. The topological polar surface area (TPSA) is 195 Å². The van der Waals surface area contributed by atoms with Crippen molar-refractivity contribution in [3.8, 4) is 42.2 Å². The van der Waals surface area contributed by atoms with E-state index < -0.39 is 16.4 Å². The number of carbonyl (C=O) groups excluding carboxylic acids is 7. The molecule has 5 aliphatic carbocycles. The number of allylic oxidation sites excluding steroid dienone is 10. The van der Waals surface area contributed by atoms with Gasteiger partial charge in [0.1, 0.15) is 17.3 Å². The Morgan fingerprint density at radius 3 is 1.75 bits per heavy atom. The maximum Gasteiger partial charge on any atom is 0.373 e. The van der Waals surface area contributed by atoms with Gasteiger partial charge in [0, 0.05) is 53.0 Å². The lowest BCUT2D eigenvalue weighted by molar-refractivity contribution is -0.193. The maximum atomic E-state index is 12.4. The molecule has 3 aromatic heterocycles. The number of rotatable bonds is 17. The van der Waals surface area contributed by atoms with Gasteiger partial charge in [-0.3, -0.25) is 14.4 Å². The average Bonchev–Trinajstić information content (AvgIpc) is 1.60. The highest BCUT2D eigenvalue weighted by atomic mass is 16.5. The predicted octanol–water partition coefficient (Wildman–Crippen LogP) is 30.0. The van der Waals surface area contributed by atoms with Crippen LogP contribution >= 0.6 is 0 Å². The molecule has 1 saturated carbocycles. The van der Waals surface area contributed by atoms with Crippen LogP contribution in [0.5, 0.6) is 0 Å². The van der Waals surface area contributed by atoms with Crippen molar-refractivity contribution in [2.24, 2.45) is 39.4 Å². The van der Waals surface area contributed by atoms with Crippen LogP contribution in [-0.2, 0) is 68.3 Å². The van der Waals surface area contributed by atoms with E-state index in [9.17, 15) is 19.5 Å². The lowest BCUT2D eigenvalue weighted by Crippen LogP contribution is -2.38. The van der Waals surface area contributed by atoms with E-state index in [1.165, 1.54) is 98.8 Å². The van der Waals surface area contributed by atoms with Crippen molar-refractivity contribution in [1.29, 1.82) is 0 Å². The Hall–Kier alpha value is -14.4. The summed E-state index contributed by atoms with van der Waals surface area (Å²) in [6.45, 7) is 38.0. The van der Waals surface area contributed by atoms with Crippen LogP contribution in [0.2, 0.25) is 0 Å². The van der Waals surface area contributed by atoms with Crippen molar-refractivity contribution in [3.05, 3.63) is 394 Å². The van der Waals surface area contributed by atoms with Crippen LogP contribution in [0.3, 0.4) is 0 Å². The third kappa shape index (κ3) is 32.3. The number of aryl methyl sites for hydroxylation is 1. The highest BCUT2D eigenvalue weighted by molar-refractivity contribution is 5.89. The molecule has 2 fully saturated rings. The maximum absolute atomic E-state index is 12.4. The third-order valence-corrected chi connectivity index (χ3v) is 27.0. The van der Waals surface area contributed by atoms with Crippen LogP contribution in [-0.4, -0.2) is 70.7 Å². The minimum Gasteiger partial charge on any atom is -0.496 e. The largest absolute Gasteiger partial charge is 0.496 e. The van der Waals surface area contributed by atoms with Gasteiger partial charge in [0.15, 0.2) is 5.60 Å². The summed E-state index contributed by atoms with van der Waals surface area (Å²) in [6, 6.07) is 86.5. The second kappa shape index (κ2) is 58.4. The molecule has 145 heavy (non-hydrogen) atoms. The SMILES string of the molecule is C#CC(C)(C)C.C#CCC(CC)(C(=O)OCC)C1C=CCCCC1.C=Cc1ccccc1.CC#Cc1ccccc1-n1cccc1.CC(C)=C(OC(=O)C(C)(C)C)C1CC1c1ccccc1.CC12CCCOC1=C(c1ccccc1)c1ccccc12.CC1=C(C(O)(c2ccccc2)c2ccccc2)OCCC1.CCOC(=O)C1(CC)CC2=CC1CCCCC=C2.Cc1cc2ccccc2n2cccc12.O=C=O.O=C=O. The number of ether oxygens (including phenoxy) is 5. The zero-order chi connectivity index (χ0) is 105. The molecule has 0 amide bonds. The fraction of sp³-hybridized carbons (Fsp3) is 0.362. The van der Waals surface area contributed by atoms with Crippen molar-refractivity contribution < 1.29 is 62.4 Å². The van der Waals surface area contributed by atoms with E-state index >= 15 is 0 Å². The van der Waals surface area contributed by atoms with Crippen LogP contribution in [0, 0.1) is 82.9 Å². The van der Waals surface area contributed by atoms with Gasteiger partial charge in [0.2, 0.25) is 0 Å². The molecule has 5 heterocycles. The first-order valence-electron chi connectivity index (χ1n) is 51.1.